The zero-order valence-corrected chi connectivity index (χ0v) is 18.2. The molecule has 2 aromatic carbocycles. The first-order valence-electron chi connectivity index (χ1n) is 10.4. The molecule has 0 spiro atoms. The van der Waals surface area contributed by atoms with Crippen LogP contribution in [0.3, 0.4) is 0 Å². The second-order valence-electron chi connectivity index (χ2n) is 8.07. The minimum Gasteiger partial charge on any atom is -0.497 e. The van der Waals surface area contributed by atoms with Crippen molar-refractivity contribution in [2.24, 2.45) is 5.92 Å². The highest BCUT2D eigenvalue weighted by molar-refractivity contribution is 5.97. The molecule has 1 N–H and O–H groups in total. The van der Waals surface area contributed by atoms with E-state index in [0.29, 0.717) is 18.7 Å². The third kappa shape index (κ3) is 5.12. The monoisotopic (exact) mass is 409 g/mol. The Hall–Kier alpha value is -3.02. The number of nitrogens with zero attached hydrogens (tertiary/aromatic N) is 2. The van der Waals surface area contributed by atoms with Crippen molar-refractivity contribution in [1.29, 1.82) is 0 Å². The van der Waals surface area contributed by atoms with E-state index < -0.39 is 6.04 Å². The summed E-state index contributed by atoms with van der Waals surface area (Å²) in [5, 5.41) is 2.95. The van der Waals surface area contributed by atoms with Crippen molar-refractivity contribution in [2.75, 3.05) is 38.2 Å². The van der Waals surface area contributed by atoms with E-state index in [1.807, 2.05) is 62.1 Å². The fraction of sp³-hybridized carbons (Fsp3) is 0.417. The Bertz CT molecular complexity index is 854. The zero-order valence-electron chi connectivity index (χ0n) is 18.2. The van der Waals surface area contributed by atoms with E-state index in [1.54, 1.807) is 19.2 Å². The Morgan fingerprint density at radius 1 is 0.933 bits per heavy atom. The molecule has 2 amide bonds. The van der Waals surface area contributed by atoms with Crippen LogP contribution in [0.15, 0.2) is 48.5 Å². The number of piperazine rings is 1. The molecule has 0 aliphatic carbocycles. The molecular weight excluding hydrogens is 378 g/mol. The molecule has 160 valence electrons. The molecule has 0 saturated carbocycles. The minimum atomic E-state index is -0.536. The lowest BCUT2D eigenvalue weighted by molar-refractivity contribution is -0.134. The van der Waals surface area contributed by atoms with Gasteiger partial charge in [-0.15, -0.1) is 0 Å². The highest BCUT2D eigenvalue weighted by Crippen LogP contribution is 2.21. The number of aryl methyl sites for hydroxylation is 1. The summed E-state index contributed by atoms with van der Waals surface area (Å²) in [6.45, 7) is 8.69. The van der Waals surface area contributed by atoms with Crippen molar-refractivity contribution in [3.8, 4) is 5.75 Å². The first kappa shape index (κ1) is 21.7. The van der Waals surface area contributed by atoms with Gasteiger partial charge < -0.3 is 19.9 Å². The van der Waals surface area contributed by atoms with Crippen LogP contribution in [0.1, 0.15) is 29.8 Å². The average molecular weight is 410 g/mol. The van der Waals surface area contributed by atoms with Crippen LogP contribution in [-0.4, -0.2) is 56.0 Å². The molecule has 6 nitrogen and oxygen atoms in total. The predicted molar refractivity (Wildman–Crippen MR) is 119 cm³/mol. The van der Waals surface area contributed by atoms with Gasteiger partial charge in [-0.2, -0.15) is 0 Å². The maximum Gasteiger partial charge on any atom is 0.251 e. The average Bonchev–Trinajstić information content (AvgIpc) is 2.77. The number of nitrogens with one attached hydrogen (secondary N) is 1. The summed E-state index contributed by atoms with van der Waals surface area (Å²) in [4.78, 5) is 29.9. The van der Waals surface area contributed by atoms with Gasteiger partial charge in [0, 0.05) is 37.4 Å². The number of methoxy groups -OCH3 is 1. The Morgan fingerprint density at radius 3 is 2.07 bits per heavy atom. The molecule has 1 fully saturated rings. The van der Waals surface area contributed by atoms with Crippen LogP contribution in [-0.2, 0) is 4.79 Å². The van der Waals surface area contributed by atoms with E-state index in [9.17, 15) is 9.59 Å². The third-order valence-electron chi connectivity index (χ3n) is 5.56. The van der Waals surface area contributed by atoms with Crippen LogP contribution in [0.4, 0.5) is 5.69 Å². The maximum atomic E-state index is 13.2. The fourth-order valence-electron chi connectivity index (χ4n) is 3.62. The molecule has 30 heavy (non-hydrogen) atoms. The first-order chi connectivity index (χ1) is 14.4. The van der Waals surface area contributed by atoms with Gasteiger partial charge in [0.15, 0.2) is 0 Å². The molecule has 0 bridgehead atoms. The van der Waals surface area contributed by atoms with Gasteiger partial charge in [0.25, 0.3) is 5.91 Å². The van der Waals surface area contributed by atoms with Gasteiger partial charge in [0.05, 0.1) is 7.11 Å². The van der Waals surface area contributed by atoms with Gasteiger partial charge in [-0.25, -0.2) is 0 Å². The number of hydrogen-bond donors (Lipinski definition) is 1. The van der Waals surface area contributed by atoms with Crippen molar-refractivity contribution in [1.82, 2.24) is 10.2 Å². The summed E-state index contributed by atoms with van der Waals surface area (Å²) < 4.78 is 5.22. The smallest absolute Gasteiger partial charge is 0.251 e. The zero-order chi connectivity index (χ0) is 21.7. The largest absolute Gasteiger partial charge is 0.497 e. The lowest BCUT2D eigenvalue weighted by atomic mass is 10.0. The van der Waals surface area contributed by atoms with Crippen molar-refractivity contribution in [3.63, 3.8) is 0 Å². The molecule has 3 rings (SSSR count). The van der Waals surface area contributed by atoms with Gasteiger partial charge in [-0.1, -0.05) is 31.5 Å². The Labute approximate surface area is 178 Å². The molecular formula is C24H31N3O3. The van der Waals surface area contributed by atoms with Gasteiger partial charge in [0.1, 0.15) is 11.8 Å². The molecule has 0 unspecified atom stereocenters. The summed E-state index contributed by atoms with van der Waals surface area (Å²) in [7, 11) is 1.65. The lowest BCUT2D eigenvalue weighted by Gasteiger charge is -2.38. The summed E-state index contributed by atoms with van der Waals surface area (Å²) in [5.74, 6) is 0.613. The molecule has 0 radical (unpaired) electrons. The second kappa shape index (κ2) is 9.65. The molecule has 6 heteroatoms. The molecule has 1 saturated heterocycles. The number of carbonyl (C=O) groups excluding carboxylic acids is 2. The number of anilines is 1. The van der Waals surface area contributed by atoms with Gasteiger partial charge in [-0.05, 0) is 49.2 Å². The van der Waals surface area contributed by atoms with Gasteiger partial charge >= 0.3 is 0 Å². The van der Waals surface area contributed by atoms with E-state index in [1.165, 1.54) is 0 Å². The van der Waals surface area contributed by atoms with E-state index in [4.69, 9.17) is 4.74 Å². The van der Waals surface area contributed by atoms with E-state index >= 15 is 0 Å². The third-order valence-corrected chi connectivity index (χ3v) is 5.56. The van der Waals surface area contributed by atoms with Crippen molar-refractivity contribution in [2.45, 2.75) is 26.8 Å². The Balaban J connectivity index is 1.60. The normalized spacial score (nSPS) is 15.1. The van der Waals surface area contributed by atoms with Gasteiger partial charge in [0.2, 0.25) is 5.91 Å². The summed E-state index contributed by atoms with van der Waals surface area (Å²) in [6, 6.07) is 14.8. The van der Waals surface area contributed by atoms with Crippen LogP contribution in [0, 0.1) is 12.8 Å². The summed E-state index contributed by atoms with van der Waals surface area (Å²) >= 11 is 0. The number of amides is 2. The molecule has 1 aliphatic rings. The molecule has 2 aromatic rings. The second-order valence-corrected chi connectivity index (χ2v) is 8.07. The number of hydrogen-bond acceptors (Lipinski definition) is 4. The van der Waals surface area contributed by atoms with E-state index in [0.717, 1.165) is 30.1 Å². The fourth-order valence-corrected chi connectivity index (χ4v) is 3.62. The van der Waals surface area contributed by atoms with Crippen molar-refractivity contribution in [3.05, 3.63) is 59.7 Å². The van der Waals surface area contributed by atoms with Crippen LogP contribution in [0.25, 0.3) is 0 Å². The van der Waals surface area contributed by atoms with Crippen LogP contribution in [0.5, 0.6) is 5.75 Å². The standard InChI is InChI=1S/C24H31N3O3/c1-17(2)22(25-23(28)19-7-5-18(3)6-8-19)24(29)27-15-13-26(14-16-27)20-9-11-21(30-4)12-10-20/h5-12,17,22H,13-16H2,1-4H3,(H,25,28)/t22-/m0/s1. The minimum absolute atomic E-state index is 0.00603. The topological polar surface area (TPSA) is 61.9 Å². The molecule has 1 atom stereocenters. The van der Waals surface area contributed by atoms with E-state index in [-0.39, 0.29) is 17.7 Å². The Morgan fingerprint density at radius 2 is 1.53 bits per heavy atom. The SMILES string of the molecule is COc1ccc(N2CCN(C(=O)[C@@H](NC(=O)c3ccc(C)cc3)C(C)C)CC2)cc1. The lowest BCUT2D eigenvalue weighted by Crippen LogP contribution is -2.56. The number of carbonyl (C=O) groups is 2. The predicted octanol–water partition coefficient (Wildman–Crippen LogP) is 3.11. The number of rotatable bonds is 6. The Kier molecular flexibility index (Phi) is 6.98. The first-order valence-corrected chi connectivity index (χ1v) is 10.4. The van der Waals surface area contributed by atoms with Crippen molar-refractivity contribution < 1.29 is 14.3 Å². The van der Waals surface area contributed by atoms with Crippen LogP contribution >= 0.6 is 0 Å². The summed E-state index contributed by atoms with van der Waals surface area (Å²) in [5.41, 5.74) is 2.79. The number of benzene rings is 2. The highest BCUT2D eigenvalue weighted by atomic mass is 16.5. The van der Waals surface area contributed by atoms with Crippen LogP contribution < -0.4 is 15.0 Å². The van der Waals surface area contributed by atoms with Gasteiger partial charge in [-0.3, -0.25) is 9.59 Å². The molecule has 1 heterocycles. The van der Waals surface area contributed by atoms with Crippen LogP contribution in [0.2, 0.25) is 0 Å². The molecule has 0 aromatic heterocycles. The summed E-state index contributed by atoms with van der Waals surface area (Å²) in [6.07, 6.45) is 0. The maximum absolute atomic E-state index is 13.2. The van der Waals surface area contributed by atoms with Crippen molar-refractivity contribution >= 4 is 17.5 Å². The highest BCUT2D eigenvalue weighted by Gasteiger charge is 2.31. The molecule has 1 aliphatic heterocycles. The van der Waals surface area contributed by atoms with E-state index in [2.05, 4.69) is 10.2 Å². The number of ether oxygens (including phenoxy) is 1. The quantitative estimate of drug-likeness (QED) is 0.796.